The van der Waals surface area contributed by atoms with Crippen molar-refractivity contribution in [2.24, 2.45) is 5.92 Å². The number of hydrogen-bond donors (Lipinski definition) is 1. The Balaban J connectivity index is 1.57. The van der Waals surface area contributed by atoms with Gasteiger partial charge in [-0.3, -0.25) is 14.4 Å². The maximum atomic E-state index is 15.2. The van der Waals surface area contributed by atoms with E-state index in [1.165, 1.54) is 14.2 Å². The number of amides is 1. The molecule has 1 fully saturated rings. The molecule has 0 aliphatic carbocycles. The van der Waals surface area contributed by atoms with Gasteiger partial charge in [0.25, 0.3) is 0 Å². The number of methoxy groups -OCH3 is 2. The van der Waals surface area contributed by atoms with Crippen LogP contribution < -0.4 is 19.7 Å². The van der Waals surface area contributed by atoms with Gasteiger partial charge in [-0.05, 0) is 48.4 Å². The third-order valence-electron chi connectivity index (χ3n) is 9.17. The average Bonchev–Trinajstić information content (AvgIpc) is 3.52. The van der Waals surface area contributed by atoms with Gasteiger partial charge in [0.2, 0.25) is 5.91 Å². The van der Waals surface area contributed by atoms with Crippen molar-refractivity contribution in [3.8, 4) is 11.5 Å². The third-order valence-corrected chi connectivity index (χ3v) is 9.17. The van der Waals surface area contributed by atoms with Crippen molar-refractivity contribution in [1.29, 1.82) is 0 Å². The van der Waals surface area contributed by atoms with E-state index in [0.717, 1.165) is 16.8 Å². The first-order valence-electron chi connectivity index (χ1n) is 14.2. The summed E-state index contributed by atoms with van der Waals surface area (Å²) in [6.07, 6.45) is 2.05. The van der Waals surface area contributed by atoms with Crippen LogP contribution in [-0.4, -0.2) is 43.8 Å². The van der Waals surface area contributed by atoms with Crippen LogP contribution >= 0.6 is 0 Å². The molecule has 0 bridgehead atoms. The van der Waals surface area contributed by atoms with Gasteiger partial charge < -0.3 is 19.7 Å². The van der Waals surface area contributed by atoms with Crippen molar-refractivity contribution in [2.75, 3.05) is 24.4 Å². The first-order valence-corrected chi connectivity index (χ1v) is 14.2. The van der Waals surface area contributed by atoms with Gasteiger partial charge in [0.05, 0.1) is 31.7 Å². The van der Waals surface area contributed by atoms with Crippen molar-refractivity contribution in [3.63, 3.8) is 0 Å². The highest BCUT2D eigenvalue weighted by Gasteiger charge is 2.70. The number of hydrogen-bond acceptors (Lipinski definition) is 6. The average molecular weight is 571 g/mol. The van der Waals surface area contributed by atoms with Crippen LogP contribution in [0, 0.1) is 5.92 Å². The van der Waals surface area contributed by atoms with E-state index in [9.17, 15) is 9.59 Å². The minimum absolute atomic E-state index is 0.234. The fourth-order valence-electron chi connectivity index (χ4n) is 7.33. The summed E-state index contributed by atoms with van der Waals surface area (Å²) in [6, 6.07) is 27.7. The van der Waals surface area contributed by atoms with Gasteiger partial charge in [0.15, 0.2) is 11.6 Å². The Kier molecular flexibility index (Phi) is 6.20. The van der Waals surface area contributed by atoms with Crippen LogP contribution in [0.25, 0.3) is 5.57 Å². The highest BCUT2D eigenvalue weighted by Crippen LogP contribution is 2.59. The van der Waals surface area contributed by atoms with Gasteiger partial charge in [0, 0.05) is 22.5 Å². The number of allylic oxidation sites excluding steroid dienone is 1. The predicted molar refractivity (Wildman–Crippen MR) is 165 cm³/mol. The van der Waals surface area contributed by atoms with E-state index < -0.39 is 23.4 Å². The molecular formula is C36H30N2O5. The van der Waals surface area contributed by atoms with Crippen molar-refractivity contribution in [2.45, 2.75) is 24.4 Å². The molecule has 3 aliphatic rings. The highest BCUT2D eigenvalue weighted by molar-refractivity contribution is 6.19. The van der Waals surface area contributed by atoms with Crippen LogP contribution in [0.3, 0.4) is 0 Å². The maximum Gasteiger partial charge on any atom is 0.238 e. The second-order valence-corrected chi connectivity index (χ2v) is 11.2. The van der Waals surface area contributed by atoms with E-state index in [1.54, 1.807) is 30.3 Å². The largest absolute Gasteiger partial charge is 0.497 e. The second-order valence-electron chi connectivity index (χ2n) is 11.2. The van der Waals surface area contributed by atoms with Crippen molar-refractivity contribution in [3.05, 3.63) is 125 Å². The number of ketones is 2. The zero-order valence-corrected chi connectivity index (χ0v) is 24.0. The van der Waals surface area contributed by atoms with Crippen LogP contribution in [0.5, 0.6) is 11.5 Å². The summed E-state index contributed by atoms with van der Waals surface area (Å²) in [4.78, 5) is 46.5. The molecule has 0 aromatic heterocycles. The maximum absolute atomic E-state index is 15.2. The molecule has 43 heavy (non-hydrogen) atoms. The SMILES string of the molecule is COc1ccc(OC)c(C(=O)[C@@H]2[C@H](C(=O)c3ccccc3)N3c4ccccc4C(C)=C[C@H]3[C@]23C(=O)Nc2ccccc23)c1. The van der Waals surface area contributed by atoms with Gasteiger partial charge in [-0.1, -0.05) is 72.8 Å². The number of carbonyl (C=O) groups excluding carboxylic acids is 3. The number of rotatable bonds is 6. The predicted octanol–water partition coefficient (Wildman–Crippen LogP) is 5.95. The molecule has 3 aliphatic heterocycles. The summed E-state index contributed by atoms with van der Waals surface area (Å²) >= 11 is 0. The molecule has 4 aromatic rings. The molecule has 4 atom stereocenters. The summed E-state index contributed by atoms with van der Waals surface area (Å²) in [6.45, 7) is 2.01. The number of nitrogens with one attached hydrogen (secondary N) is 1. The number of nitrogens with zero attached hydrogens (tertiary/aromatic N) is 1. The Hall–Kier alpha value is -5.17. The quantitative estimate of drug-likeness (QED) is 0.289. The van der Waals surface area contributed by atoms with E-state index >= 15 is 4.79 Å². The zero-order valence-electron chi connectivity index (χ0n) is 24.0. The normalized spacial score (nSPS) is 23.1. The van der Waals surface area contributed by atoms with Crippen LogP contribution in [0.2, 0.25) is 0 Å². The fraction of sp³-hybridized carbons (Fsp3) is 0.194. The number of carbonyl (C=O) groups is 3. The highest BCUT2D eigenvalue weighted by atomic mass is 16.5. The Morgan fingerprint density at radius 1 is 0.837 bits per heavy atom. The Morgan fingerprint density at radius 3 is 2.33 bits per heavy atom. The first-order chi connectivity index (χ1) is 20.9. The van der Waals surface area contributed by atoms with Gasteiger partial charge in [0.1, 0.15) is 23.0 Å². The van der Waals surface area contributed by atoms with Gasteiger partial charge in [-0.25, -0.2) is 0 Å². The Morgan fingerprint density at radius 2 is 1.56 bits per heavy atom. The summed E-state index contributed by atoms with van der Waals surface area (Å²) in [5.41, 5.74) is 3.39. The molecule has 214 valence electrons. The molecule has 0 unspecified atom stereocenters. The van der Waals surface area contributed by atoms with E-state index in [2.05, 4.69) is 5.32 Å². The van der Waals surface area contributed by atoms with E-state index in [4.69, 9.17) is 9.47 Å². The number of para-hydroxylation sites is 2. The number of Topliss-reactive ketones (excluding diaryl/α,β-unsaturated/α-hetero) is 2. The molecule has 4 aromatic carbocycles. The number of anilines is 2. The Labute approximate surface area is 249 Å². The Bertz CT molecular complexity index is 1830. The van der Waals surface area contributed by atoms with Crippen molar-refractivity contribution < 1.29 is 23.9 Å². The smallest absolute Gasteiger partial charge is 0.238 e. The summed E-state index contributed by atoms with van der Waals surface area (Å²) in [5, 5.41) is 3.07. The minimum Gasteiger partial charge on any atom is -0.497 e. The molecule has 7 rings (SSSR count). The lowest BCUT2D eigenvalue weighted by Crippen LogP contribution is -2.51. The second kappa shape index (κ2) is 9.98. The van der Waals surface area contributed by atoms with Crippen LogP contribution in [-0.2, 0) is 10.2 Å². The molecule has 1 saturated heterocycles. The van der Waals surface area contributed by atoms with Crippen molar-refractivity contribution in [1.82, 2.24) is 0 Å². The molecule has 7 nitrogen and oxygen atoms in total. The topological polar surface area (TPSA) is 84.9 Å². The number of benzene rings is 4. The first kappa shape index (κ1) is 26.7. The lowest BCUT2D eigenvalue weighted by Gasteiger charge is -2.39. The van der Waals surface area contributed by atoms with E-state index in [0.29, 0.717) is 28.3 Å². The molecule has 0 radical (unpaired) electrons. The van der Waals surface area contributed by atoms with Gasteiger partial charge in [-0.15, -0.1) is 0 Å². The molecule has 1 N–H and O–H groups in total. The molecule has 0 saturated carbocycles. The number of fused-ring (bicyclic) bond motifs is 6. The lowest BCUT2D eigenvalue weighted by atomic mass is 9.63. The zero-order chi connectivity index (χ0) is 29.9. The monoisotopic (exact) mass is 570 g/mol. The van der Waals surface area contributed by atoms with Gasteiger partial charge >= 0.3 is 0 Å². The van der Waals surface area contributed by atoms with E-state index in [1.807, 2.05) is 84.6 Å². The minimum atomic E-state index is -1.41. The van der Waals surface area contributed by atoms with Crippen LogP contribution in [0.4, 0.5) is 11.4 Å². The molecule has 1 spiro atoms. The molecular weight excluding hydrogens is 540 g/mol. The van der Waals surface area contributed by atoms with Crippen LogP contribution in [0.15, 0.2) is 103 Å². The molecule has 3 heterocycles. The van der Waals surface area contributed by atoms with E-state index in [-0.39, 0.29) is 23.0 Å². The number of ether oxygens (including phenoxy) is 2. The summed E-state index contributed by atoms with van der Waals surface area (Å²) in [5.74, 6) is -1.20. The van der Waals surface area contributed by atoms with Crippen LogP contribution in [0.1, 0.15) is 38.8 Å². The standard InChI is InChI=1S/C36H30N2O5/c1-21-19-30-36(26-14-8-9-15-27(26)37-35(36)41)31(34(40)25-20-23(42-2)17-18-29(25)43-3)32(33(39)22-11-5-4-6-12-22)38(30)28-16-10-7-13-24(21)28/h4-20,30-32H,1-3H3,(H,37,41)/t30-,31-,32+,36-/m0/s1. The fourth-order valence-corrected chi connectivity index (χ4v) is 7.33. The van der Waals surface area contributed by atoms with Crippen molar-refractivity contribution >= 4 is 34.4 Å². The molecule has 7 heteroatoms. The summed E-state index contributed by atoms with van der Waals surface area (Å²) < 4.78 is 11.1. The third kappa shape index (κ3) is 3.70. The van der Waals surface area contributed by atoms with Gasteiger partial charge in [-0.2, -0.15) is 0 Å². The lowest BCUT2D eigenvalue weighted by molar-refractivity contribution is -0.121. The molecule has 1 amide bonds. The summed E-state index contributed by atoms with van der Waals surface area (Å²) in [7, 11) is 3.03.